The molecule has 1 unspecified atom stereocenters. The Bertz CT molecular complexity index is 628. The largest absolute Gasteiger partial charge is 0.276 e. The highest BCUT2D eigenvalue weighted by molar-refractivity contribution is 6.22. The molecule has 102 valence electrons. The van der Waals surface area contributed by atoms with E-state index in [0.29, 0.717) is 11.1 Å². The summed E-state index contributed by atoms with van der Waals surface area (Å²) in [5.74, 6) is 0. The van der Waals surface area contributed by atoms with Gasteiger partial charge >= 0.3 is 0 Å². The van der Waals surface area contributed by atoms with Crippen molar-refractivity contribution in [1.29, 1.82) is 0 Å². The van der Waals surface area contributed by atoms with Crippen molar-refractivity contribution in [3.8, 4) is 0 Å². The highest BCUT2D eigenvalue weighted by Gasteiger charge is 2.20. The number of nitro groups is 2. The Kier molecular flexibility index (Phi) is 3.95. The van der Waals surface area contributed by atoms with Gasteiger partial charge in [0.2, 0.25) is 0 Å². The molecule has 20 heavy (non-hydrogen) atoms. The average Bonchev–Trinajstić information content (AvgIpc) is 2.46. The summed E-state index contributed by atoms with van der Waals surface area (Å²) < 4.78 is 0. The maximum atomic E-state index is 10.8. The lowest BCUT2D eigenvalue weighted by Gasteiger charge is -2.10. The molecule has 0 saturated heterocycles. The Morgan fingerprint density at radius 1 is 0.850 bits per heavy atom. The third-order valence-corrected chi connectivity index (χ3v) is 3.24. The Morgan fingerprint density at radius 2 is 1.35 bits per heavy atom. The first-order valence-electron chi connectivity index (χ1n) is 5.62. The number of nitro benzene ring substituents is 2. The number of benzene rings is 2. The summed E-state index contributed by atoms with van der Waals surface area (Å²) in [5.41, 5.74) is 0.328. The predicted octanol–water partition coefficient (Wildman–Crippen LogP) is 3.83. The molecule has 0 heterocycles. The van der Waals surface area contributed by atoms with Gasteiger partial charge in [-0.25, -0.2) is 0 Å². The van der Waals surface area contributed by atoms with Crippen molar-refractivity contribution in [1.82, 2.24) is 0 Å². The van der Waals surface area contributed by atoms with Crippen LogP contribution in [-0.4, -0.2) is 9.85 Å². The summed E-state index contributed by atoms with van der Waals surface area (Å²) in [5, 5.41) is 21.0. The molecule has 0 N–H and O–H groups in total. The number of non-ortho nitro benzene ring substituents is 2. The van der Waals surface area contributed by atoms with Crippen molar-refractivity contribution in [3.63, 3.8) is 0 Å². The van der Waals surface area contributed by atoms with Gasteiger partial charge in [0.25, 0.3) is 11.4 Å². The number of halogens is 1. The Balaban J connectivity index is 2.50. The average molecular weight is 293 g/mol. The van der Waals surface area contributed by atoms with Crippen LogP contribution in [0, 0.1) is 20.2 Å². The van der Waals surface area contributed by atoms with E-state index in [-0.39, 0.29) is 11.4 Å². The molecule has 0 aromatic heterocycles. The van der Waals surface area contributed by atoms with E-state index in [1.165, 1.54) is 12.1 Å². The minimum Gasteiger partial charge on any atom is -0.258 e. The van der Waals surface area contributed by atoms with Crippen LogP contribution in [0.5, 0.6) is 0 Å². The topological polar surface area (TPSA) is 86.3 Å². The van der Waals surface area contributed by atoms with Gasteiger partial charge in [0.15, 0.2) is 0 Å². The van der Waals surface area contributed by atoms with E-state index in [1.807, 2.05) is 6.07 Å². The molecular formula is C13H9ClN2O4. The second-order valence-corrected chi connectivity index (χ2v) is 4.51. The van der Waals surface area contributed by atoms with Gasteiger partial charge in [-0.1, -0.05) is 30.3 Å². The second-order valence-electron chi connectivity index (χ2n) is 4.07. The molecule has 2 aromatic carbocycles. The molecule has 0 aliphatic carbocycles. The van der Waals surface area contributed by atoms with Crippen LogP contribution in [0.4, 0.5) is 11.4 Å². The highest BCUT2D eigenvalue weighted by Crippen LogP contribution is 2.33. The first-order valence-corrected chi connectivity index (χ1v) is 6.05. The van der Waals surface area contributed by atoms with Gasteiger partial charge in [-0.05, 0) is 11.1 Å². The number of alkyl halides is 1. The minimum atomic E-state index is -0.685. The first kappa shape index (κ1) is 14.0. The lowest BCUT2D eigenvalue weighted by molar-refractivity contribution is -0.394. The molecule has 1 atom stereocenters. The van der Waals surface area contributed by atoms with Crippen molar-refractivity contribution >= 4 is 23.0 Å². The molecule has 0 aliphatic heterocycles. The van der Waals surface area contributed by atoms with Crippen LogP contribution < -0.4 is 0 Å². The lowest BCUT2D eigenvalue weighted by atomic mass is 10.0. The third-order valence-electron chi connectivity index (χ3n) is 2.73. The summed E-state index contributed by atoms with van der Waals surface area (Å²) in [7, 11) is 0. The van der Waals surface area contributed by atoms with Crippen LogP contribution in [0.3, 0.4) is 0 Å². The zero-order chi connectivity index (χ0) is 14.7. The SMILES string of the molecule is O=[N+]([O-])c1cc(C(Cl)c2ccccc2)cc([N+](=O)[O-])c1. The second kappa shape index (κ2) is 5.66. The maximum Gasteiger partial charge on any atom is 0.276 e. The van der Waals surface area contributed by atoms with E-state index in [9.17, 15) is 20.2 Å². The molecule has 6 nitrogen and oxygen atoms in total. The third kappa shape index (κ3) is 2.92. The van der Waals surface area contributed by atoms with Crippen LogP contribution >= 0.6 is 11.6 Å². The minimum absolute atomic E-state index is 0.318. The molecule has 0 aliphatic rings. The fraction of sp³-hybridized carbons (Fsp3) is 0.0769. The number of rotatable bonds is 4. The van der Waals surface area contributed by atoms with Crippen LogP contribution in [0.25, 0.3) is 0 Å². The fourth-order valence-corrected chi connectivity index (χ4v) is 2.06. The molecule has 2 aromatic rings. The molecule has 0 fully saturated rings. The van der Waals surface area contributed by atoms with Gasteiger partial charge in [0.05, 0.1) is 21.3 Å². The van der Waals surface area contributed by atoms with Crippen molar-refractivity contribution < 1.29 is 9.85 Å². The van der Waals surface area contributed by atoms with Crippen molar-refractivity contribution in [3.05, 3.63) is 79.9 Å². The van der Waals surface area contributed by atoms with Gasteiger partial charge < -0.3 is 0 Å². The molecule has 2 rings (SSSR count). The smallest absolute Gasteiger partial charge is 0.258 e. The molecule has 0 spiro atoms. The zero-order valence-electron chi connectivity index (χ0n) is 10.1. The van der Waals surface area contributed by atoms with E-state index in [4.69, 9.17) is 11.6 Å². The maximum absolute atomic E-state index is 10.8. The summed E-state index contributed by atoms with van der Waals surface area (Å²) in [6.45, 7) is 0. The number of nitrogens with zero attached hydrogens (tertiary/aromatic N) is 2. The standard InChI is InChI=1S/C13H9ClN2O4/c14-13(9-4-2-1-3-5-9)10-6-11(15(17)18)8-12(7-10)16(19)20/h1-8,13H. The zero-order valence-corrected chi connectivity index (χ0v) is 10.9. The summed E-state index contributed by atoms with van der Waals surface area (Å²) in [6, 6.07) is 12.3. The lowest BCUT2D eigenvalue weighted by Crippen LogP contribution is -1.98. The first-order chi connectivity index (χ1) is 9.49. The van der Waals surface area contributed by atoms with Gasteiger partial charge in [0.1, 0.15) is 0 Å². The summed E-state index contributed by atoms with van der Waals surface area (Å²) in [6.07, 6.45) is 0. The number of hydrogen-bond donors (Lipinski definition) is 0. The Morgan fingerprint density at radius 3 is 1.80 bits per heavy atom. The van der Waals surface area contributed by atoms with Crippen LogP contribution in [-0.2, 0) is 0 Å². The number of hydrogen-bond acceptors (Lipinski definition) is 4. The van der Waals surface area contributed by atoms with Crippen LogP contribution in [0.1, 0.15) is 16.5 Å². The summed E-state index contributed by atoms with van der Waals surface area (Å²) in [4.78, 5) is 20.3. The molecule has 0 amide bonds. The van der Waals surface area contributed by atoms with Crippen molar-refractivity contribution in [2.75, 3.05) is 0 Å². The highest BCUT2D eigenvalue weighted by atomic mass is 35.5. The van der Waals surface area contributed by atoms with Crippen molar-refractivity contribution in [2.45, 2.75) is 5.38 Å². The van der Waals surface area contributed by atoms with Gasteiger partial charge in [-0.3, -0.25) is 20.2 Å². The quantitative estimate of drug-likeness (QED) is 0.487. The fourth-order valence-electron chi connectivity index (χ4n) is 1.79. The van der Waals surface area contributed by atoms with E-state index < -0.39 is 15.2 Å². The molecule has 0 saturated carbocycles. The molecule has 0 radical (unpaired) electrons. The molecular weight excluding hydrogens is 284 g/mol. The normalized spacial score (nSPS) is 11.8. The Labute approximate surface area is 118 Å². The van der Waals surface area contributed by atoms with Crippen LogP contribution in [0.15, 0.2) is 48.5 Å². The summed E-state index contributed by atoms with van der Waals surface area (Å²) >= 11 is 6.24. The van der Waals surface area contributed by atoms with E-state index in [0.717, 1.165) is 6.07 Å². The van der Waals surface area contributed by atoms with E-state index in [1.54, 1.807) is 24.3 Å². The monoisotopic (exact) mass is 292 g/mol. The predicted molar refractivity (Wildman–Crippen MR) is 73.9 cm³/mol. The molecule has 7 heteroatoms. The molecule has 0 bridgehead atoms. The van der Waals surface area contributed by atoms with Crippen molar-refractivity contribution in [2.24, 2.45) is 0 Å². The van der Waals surface area contributed by atoms with Crippen LogP contribution in [0.2, 0.25) is 0 Å². The van der Waals surface area contributed by atoms with E-state index >= 15 is 0 Å². The van der Waals surface area contributed by atoms with Gasteiger partial charge in [-0.2, -0.15) is 0 Å². The van der Waals surface area contributed by atoms with E-state index in [2.05, 4.69) is 0 Å². The Hall–Kier alpha value is -2.47. The van der Waals surface area contributed by atoms with Gasteiger partial charge in [0, 0.05) is 12.1 Å². The van der Waals surface area contributed by atoms with Gasteiger partial charge in [-0.15, -0.1) is 11.6 Å².